The molecule has 2 aromatic heterocycles. The van der Waals surface area contributed by atoms with Gasteiger partial charge in [-0.3, -0.25) is 0 Å². The van der Waals surface area contributed by atoms with Gasteiger partial charge in [0.05, 0.1) is 91.6 Å². The number of nitrogens with zero attached hydrogens (tertiary/aromatic N) is 7. The van der Waals surface area contributed by atoms with Crippen molar-refractivity contribution in [1.29, 1.82) is 26.3 Å². The fourth-order valence-electron chi connectivity index (χ4n) is 8.97. The van der Waals surface area contributed by atoms with Crippen molar-refractivity contribution in [3.8, 4) is 75.1 Å². The molecule has 8 aromatic carbocycles. The van der Waals surface area contributed by atoms with Gasteiger partial charge in [0.25, 0.3) is 0 Å². The smallest absolute Gasteiger partial charge is 0.309 e. The van der Waals surface area contributed by atoms with Crippen molar-refractivity contribution in [3.05, 3.63) is 204 Å². The summed E-state index contributed by atoms with van der Waals surface area (Å²) in [6.45, 7) is 13.2. The van der Waals surface area contributed by atoms with Crippen LogP contribution in [0.2, 0.25) is 0 Å². The minimum absolute atomic E-state index is 0.128. The zero-order valence-corrected chi connectivity index (χ0v) is 39.6. The third kappa shape index (κ3) is 8.97. The first-order valence-electron chi connectivity index (χ1n) is 22.9. The van der Waals surface area contributed by atoms with Crippen LogP contribution in [0, 0.1) is 56.7 Å². The van der Waals surface area contributed by atoms with E-state index in [0.717, 1.165) is 0 Å². The first kappa shape index (κ1) is 49.3. The molecule has 0 N–H and O–H groups in total. The number of allylic oxidation sites excluding steroid dienone is 1. The van der Waals surface area contributed by atoms with Gasteiger partial charge in [-0.25, -0.2) is 0 Å². The fourth-order valence-corrected chi connectivity index (χ4v) is 8.97. The molecule has 10 aromatic rings. The van der Waals surface area contributed by atoms with E-state index in [1.54, 1.807) is 118 Å². The number of aromatic nitrogens is 2. The predicted molar refractivity (Wildman–Crippen MR) is 279 cm³/mol. The Morgan fingerprint density at radius 3 is 1.34 bits per heavy atom. The largest absolute Gasteiger partial charge is 0.420 e. The molecular formula is C61H44F3N7. The number of benzene rings is 8. The summed E-state index contributed by atoms with van der Waals surface area (Å²) in [6, 6.07) is 55.2. The topological polar surface area (TPSA) is 129 Å². The van der Waals surface area contributed by atoms with Gasteiger partial charge in [-0.1, -0.05) is 113 Å². The van der Waals surface area contributed by atoms with Crippen molar-refractivity contribution in [2.24, 2.45) is 0 Å². The zero-order chi connectivity index (χ0) is 51.0. The number of halogens is 3. The molecular weight excluding hydrogens is 888 g/mol. The Morgan fingerprint density at radius 2 is 0.859 bits per heavy atom. The third-order valence-electron chi connectivity index (χ3n) is 11.7. The van der Waals surface area contributed by atoms with Gasteiger partial charge >= 0.3 is 6.18 Å². The Balaban J connectivity index is 0.00000101. The number of alkyl halides is 3. The van der Waals surface area contributed by atoms with Crippen LogP contribution in [0.25, 0.3) is 88.4 Å². The average Bonchev–Trinajstić information content (AvgIpc) is 3.93. The summed E-state index contributed by atoms with van der Waals surface area (Å²) in [4.78, 5) is 0. The maximum Gasteiger partial charge on any atom is 0.420 e. The van der Waals surface area contributed by atoms with Gasteiger partial charge in [-0.2, -0.15) is 39.5 Å². The van der Waals surface area contributed by atoms with Gasteiger partial charge in [0, 0.05) is 27.1 Å². The summed E-state index contributed by atoms with van der Waals surface area (Å²) in [5.74, 6) is 0. The van der Waals surface area contributed by atoms with Crippen LogP contribution in [0.15, 0.2) is 170 Å². The molecule has 10 rings (SSSR count). The summed E-state index contributed by atoms with van der Waals surface area (Å²) in [6.07, 6.45) is -3.20. The quantitative estimate of drug-likeness (QED) is 0.159. The summed E-state index contributed by atoms with van der Waals surface area (Å²) in [5.41, 5.74) is 5.44. The molecule has 71 heavy (non-hydrogen) atoms. The van der Waals surface area contributed by atoms with Gasteiger partial charge in [0.1, 0.15) is 5.56 Å². The minimum Gasteiger partial charge on any atom is -0.309 e. The van der Waals surface area contributed by atoms with Crippen molar-refractivity contribution in [2.75, 3.05) is 0 Å². The van der Waals surface area contributed by atoms with E-state index in [4.69, 9.17) is 0 Å². The van der Waals surface area contributed by atoms with Gasteiger partial charge in [0.2, 0.25) is 0 Å². The van der Waals surface area contributed by atoms with Crippen LogP contribution in [-0.4, -0.2) is 9.13 Å². The number of para-hydroxylation sites is 2. The number of nitriles is 5. The van der Waals surface area contributed by atoms with Crippen LogP contribution in [0.1, 0.15) is 68.0 Å². The molecule has 0 aliphatic heterocycles. The Morgan fingerprint density at radius 1 is 0.437 bits per heavy atom. The van der Waals surface area contributed by atoms with Crippen LogP contribution in [0.4, 0.5) is 13.2 Å². The lowest BCUT2D eigenvalue weighted by molar-refractivity contribution is -0.137. The van der Waals surface area contributed by atoms with E-state index < -0.39 is 11.7 Å². The Hall–Kier alpha value is -9.66. The van der Waals surface area contributed by atoms with E-state index in [9.17, 15) is 26.3 Å². The Bertz CT molecular complexity index is 3910. The molecule has 10 heteroatoms. The number of hydrogen-bond donors (Lipinski definition) is 0. The highest BCUT2D eigenvalue weighted by molar-refractivity contribution is 6.13. The molecule has 0 atom stereocenters. The van der Waals surface area contributed by atoms with Gasteiger partial charge in [-0.15, -0.1) is 6.58 Å². The summed E-state index contributed by atoms with van der Waals surface area (Å²) in [7, 11) is 0. The minimum atomic E-state index is -4.95. The SMILES string of the molecule is C=CC.CC.CC.N#Cc1cccc(-c2ccc(-n3c4ccccc4c4cc(-c5ccc(C#N)cc5C#N)ccc43)c(C(F)(F)F)c2-n2c3ccccc3c3cc(-c4ccc(C#N)cc4C#N)ccc32)c1. The van der Waals surface area contributed by atoms with Gasteiger partial charge < -0.3 is 9.13 Å². The summed E-state index contributed by atoms with van der Waals surface area (Å²) in [5, 5.41) is 51.6. The molecule has 0 saturated heterocycles. The molecule has 0 aliphatic rings. The average molecular weight is 932 g/mol. The molecule has 0 saturated carbocycles. The van der Waals surface area contributed by atoms with Crippen LogP contribution < -0.4 is 0 Å². The lowest BCUT2D eigenvalue weighted by atomic mass is 9.95. The third-order valence-corrected chi connectivity index (χ3v) is 11.7. The van der Waals surface area contributed by atoms with Crippen molar-refractivity contribution in [1.82, 2.24) is 9.13 Å². The second-order valence-corrected chi connectivity index (χ2v) is 15.6. The molecule has 0 aliphatic carbocycles. The first-order chi connectivity index (χ1) is 34.6. The highest BCUT2D eigenvalue weighted by Crippen LogP contribution is 2.48. The van der Waals surface area contributed by atoms with Crippen LogP contribution >= 0.6 is 0 Å². The van der Waals surface area contributed by atoms with Crippen molar-refractivity contribution >= 4 is 43.6 Å². The predicted octanol–water partition coefficient (Wildman–Crippen LogP) is 16.5. The number of hydrogen-bond acceptors (Lipinski definition) is 5. The van der Waals surface area contributed by atoms with E-state index in [1.165, 1.54) is 18.2 Å². The first-order valence-corrected chi connectivity index (χ1v) is 22.9. The molecule has 7 nitrogen and oxygen atoms in total. The van der Waals surface area contributed by atoms with Crippen molar-refractivity contribution in [3.63, 3.8) is 0 Å². The molecule has 0 fully saturated rings. The number of fused-ring (bicyclic) bond motifs is 6. The highest BCUT2D eigenvalue weighted by Gasteiger charge is 2.40. The van der Waals surface area contributed by atoms with Crippen LogP contribution in [-0.2, 0) is 6.18 Å². The van der Waals surface area contributed by atoms with Crippen LogP contribution in [0.3, 0.4) is 0 Å². The van der Waals surface area contributed by atoms with E-state index >= 15 is 13.2 Å². The molecule has 0 bridgehead atoms. The van der Waals surface area contributed by atoms with Crippen molar-refractivity contribution in [2.45, 2.75) is 40.8 Å². The monoisotopic (exact) mass is 931 g/mol. The molecule has 2 heterocycles. The van der Waals surface area contributed by atoms with E-state index in [0.29, 0.717) is 88.1 Å². The summed E-state index contributed by atoms with van der Waals surface area (Å²) < 4.78 is 53.1. The molecule has 0 spiro atoms. The van der Waals surface area contributed by atoms with E-state index in [1.807, 2.05) is 71.0 Å². The standard InChI is InChI=1S/C54H26F3N7.C3H6.2C2H6/c55-54(56,57)52-51(63-47-10-3-1-8-43(47)45-25-36(14-19-49(45)63)40-16-12-33(28-59)23-38(40)30-61)21-18-42(35-7-5-6-32(22-35)27-58)53(52)64-48-11-4-2-9-44(48)46-26-37(15-20-50(46)64)41-17-13-34(29-60)24-39(41)31-62;1-3-2;2*1-2/h1-26H;3H,1H2,2H3;2*1-2H3. The lowest BCUT2D eigenvalue weighted by Gasteiger charge is -2.24. The van der Waals surface area contributed by atoms with Gasteiger partial charge in [-0.05, 0) is 114 Å². The van der Waals surface area contributed by atoms with Crippen LogP contribution in [0.5, 0.6) is 0 Å². The second kappa shape index (κ2) is 21.1. The highest BCUT2D eigenvalue weighted by atomic mass is 19.4. The Kier molecular flexibility index (Phi) is 14.6. The zero-order valence-electron chi connectivity index (χ0n) is 39.6. The fraction of sp³-hybridized carbons (Fsp3) is 0.0984. The Labute approximate surface area is 410 Å². The molecule has 0 amide bonds. The van der Waals surface area contributed by atoms with E-state index in [2.05, 4.69) is 36.9 Å². The van der Waals surface area contributed by atoms with Gasteiger partial charge in [0.15, 0.2) is 0 Å². The normalized spacial score (nSPS) is 10.5. The maximum absolute atomic E-state index is 16.6. The number of rotatable bonds is 5. The lowest BCUT2D eigenvalue weighted by Crippen LogP contribution is -2.16. The second-order valence-electron chi connectivity index (χ2n) is 15.6. The van der Waals surface area contributed by atoms with E-state index in [-0.39, 0.29) is 28.1 Å². The molecule has 344 valence electrons. The van der Waals surface area contributed by atoms with Crippen molar-refractivity contribution < 1.29 is 13.2 Å². The summed E-state index contributed by atoms with van der Waals surface area (Å²) >= 11 is 0. The molecule has 0 radical (unpaired) electrons. The maximum atomic E-state index is 16.6. The molecule has 0 unspecified atom stereocenters.